The Bertz CT molecular complexity index is 521. The molecule has 1 rings (SSSR count). The van der Waals surface area contributed by atoms with Gasteiger partial charge in [-0.1, -0.05) is 0 Å². The fourth-order valence-corrected chi connectivity index (χ4v) is 3.90. The average Bonchev–Trinajstić information content (AvgIpc) is 2.27. The van der Waals surface area contributed by atoms with Crippen molar-refractivity contribution in [2.75, 3.05) is 31.9 Å². The van der Waals surface area contributed by atoms with Crippen molar-refractivity contribution < 1.29 is 26.7 Å². The third-order valence-electron chi connectivity index (χ3n) is 2.74. The molecule has 0 aromatic rings. The number of sulfonamides is 1. The van der Waals surface area contributed by atoms with Crippen LogP contribution >= 0.6 is 0 Å². The zero-order valence-corrected chi connectivity index (χ0v) is 11.9. The van der Waals surface area contributed by atoms with Crippen molar-refractivity contribution in [3.8, 4) is 0 Å². The van der Waals surface area contributed by atoms with Crippen molar-refractivity contribution >= 4 is 26.2 Å². The molecule has 0 aromatic carbocycles. The smallest absolute Gasteiger partial charge is 0.303 e. The zero-order chi connectivity index (χ0) is 14.7. The van der Waals surface area contributed by atoms with Crippen molar-refractivity contribution in [2.45, 2.75) is 12.8 Å². The summed E-state index contributed by atoms with van der Waals surface area (Å²) in [6.07, 6.45) is -0.177. The van der Waals surface area contributed by atoms with Gasteiger partial charge in [0.05, 0.1) is 5.75 Å². The Labute approximate surface area is 112 Å². The highest BCUT2D eigenvalue weighted by molar-refractivity contribution is 7.89. The molecule has 19 heavy (non-hydrogen) atoms. The topological polar surface area (TPSA) is 138 Å². The van der Waals surface area contributed by atoms with Crippen LogP contribution in [0.5, 0.6) is 0 Å². The molecule has 1 aliphatic rings. The SMILES string of the molecule is NS(=O)(=O)N1CCN(S(=O)(=O)CCCC(=O)O)CC1. The van der Waals surface area contributed by atoms with Gasteiger partial charge in [-0.25, -0.2) is 13.6 Å². The van der Waals surface area contributed by atoms with Crippen molar-refractivity contribution in [3.05, 3.63) is 0 Å². The van der Waals surface area contributed by atoms with Crippen LogP contribution in [0.3, 0.4) is 0 Å². The van der Waals surface area contributed by atoms with Gasteiger partial charge in [-0.2, -0.15) is 17.0 Å². The van der Waals surface area contributed by atoms with Crippen LogP contribution in [-0.2, 0) is 25.0 Å². The summed E-state index contributed by atoms with van der Waals surface area (Å²) in [6.45, 7) is 0.0889. The van der Waals surface area contributed by atoms with Gasteiger partial charge in [-0.15, -0.1) is 0 Å². The summed E-state index contributed by atoms with van der Waals surface area (Å²) >= 11 is 0. The van der Waals surface area contributed by atoms with Crippen LogP contribution in [0.2, 0.25) is 0 Å². The predicted molar refractivity (Wildman–Crippen MR) is 66.9 cm³/mol. The van der Waals surface area contributed by atoms with Gasteiger partial charge < -0.3 is 5.11 Å². The van der Waals surface area contributed by atoms with E-state index in [0.29, 0.717) is 0 Å². The minimum Gasteiger partial charge on any atom is -0.481 e. The van der Waals surface area contributed by atoms with E-state index in [0.717, 1.165) is 8.61 Å². The summed E-state index contributed by atoms with van der Waals surface area (Å²) in [5.74, 6) is -1.30. The molecule has 0 aliphatic carbocycles. The average molecular weight is 315 g/mol. The summed E-state index contributed by atoms with van der Waals surface area (Å²) < 4.78 is 48.0. The largest absolute Gasteiger partial charge is 0.481 e. The number of nitrogens with two attached hydrogens (primary N) is 1. The van der Waals surface area contributed by atoms with Crippen molar-refractivity contribution in [2.24, 2.45) is 5.14 Å². The molecule has 0 bridgehead atoms. The number of piperazine rings is 1. The first-order chi connectivity index (χ1) is 8.63. The Morgan fingerprint density at radius 1 is 1.05 bits per heavy atom. The summed E-state index contributed by atoms with van der Waals surface area (Å²) in [6, 6.07) is 0. The van der Waals surface area contributed by atoms with E-state index in [1.807, 2.05) is 0 Å². The molecule has 1 fully saturated rings. The number of rotatable bonds is 6. The molecule has 0 spiro atoms. The number of hydrogen-bond acceptors (Lipinski definition) is 5. The van der Waals surface area contributed by atoms with Crippen LogP contribution in [0.1, 0.15) is 12.8 Å². The van der Waals surface area contributed by atoms with E-state index in [1.54, 1.807) is 0 Å². The lowest BCUT2D eigenvalue weighted by molar-refractivity contribution is -0.137. The van der Waals surface area contributed by atoms with Gasteiger partial charge in [0.2, 0.25) is 10.0 Å². The lowest BCUT2D eigenvalue weighted by Gasteiger charge is -2.32. The van der Waals surface area contributed by atoms with E-state index in [4.69, 9.17) is 10.2 Å². The van der Waals surface area contributed by atoms with Gasteiger partial charge in [0.15, 0.2) is 0 Å². The number of carbonyl (C=O) groups is 1. The molecule has 0 radical (unpaired) electrons. The van der Waals surface area contributed by atoms with Crippen LogP contribution in [0, 0.1) is 0 Å². The van der Waals surface area contributed by atoms with Crippen molar-refractivity contribution in [1.82, 2.24) is 8.61 Å². The molecule has 9 nitrogen and oxygen atoms in total. The van der Waals surface area contributed by atoms with Gasteiger partial charge in [-0.05, 0) is 6.42 Å². The maximum atomic E-state index is 11.9. The Morgan fingerprint density at radius 3 is 1.95 bits per heavy atom. The molecule has 112 valence electrons. The first-order valence-electron chi connectivity index (χ1n) is 5.60. The maximum Gasteiger partial charge on any atom is 0.303 e. The van der Waals surface area contributed by atoms with Gasteiger partial charge in [0.1, 0.15) is 0 Å². The molecule has 1 saturated heterocycles. The molecule has 3 N–H and O–H groups in total. The van der Waals surface area contributed by atoms with E-state index in [2.05, 4.69) is 0 Å². The monoisotopic (exact) mass is 315 g/mol. The van der Waals surface area contributed by atoms with E-state index in [1.165, 1.54) is 0 Å². The summed E-state index contributed by atoms with van der Waals surface area (Å²) in [4.78, 5) is 10.3. The summed E-state index contributed by atoms with van der Waals surface area (Å²) in [7, 11) is -7.33. The second-order valence-electron chi connectivity index (χ2n) is 4.16. The van der Waals surface area contributed by atoms with Crippen LogP contribution in [0.4, 0.5) is 0 Å². The molecule has 11 heteroatoms. The highest BCUT2D eigenvalue weighted by Gasteiger charge is 2.30. The first-order valence-corrected chi connectivity index (χ1v) is 8.71. The molecule has 0 saturated carbocycles. The quantitative estimate of drug-likeness (QED) is 0.581. The van der Waals surface area contributed by atoms with Gasteiger partial charge in [-0.3, -0.25) is 4.79 Å². The molecule has 1 aliphatic heterocycles. The third-order valence-corrected chi connectivity index (χ3v) is 5.79. The molecule has 0 aromatic heterocycles. The molecule has 0 amide bonds. The van der Waals surface area contributed by atoms with Crippen LogP contribution < -0.4 is 5.14 Å². The lowest BCUT2D eigenvalue weighted by Crippen LogP contribution is -2.52. The Balaban J connectivity index is 2.52. The molecule has 0 atom stereocenters. The van der Waals surface area contributed by atoms with Gasteiger partial charge in [0.25, 0.3) is 10.2 Å². The van der Waals surface area contributed by atoms with Gasteiger partial charge in [0, 0.05) is 32.6 Å². The van der Waals surface area contributed by atoms with E-state index in [9.17, 15) is 21.6 Å². The number of carboxylic acid groups (broad SMARTS) is 1. The molecule has 1 heterocycles. The lowest BCUT2D eigenvalue weighted by atomic mass is 10.3. The molecular weight excluding hydrogens is 298 g/mol. The van der Waals surface area contributed by atoms with Gasteiger partial charge >= 0.3 is 5.97 Å². The van der Waals surface area contributed by atoms with Crippen LogP contribution in [0.15, 0.2) is 0 Å². The fraction of sp³-hybridized carbons (Fsp3) is 0.875. The normalized spacial score (nSPS) is 19.4. The van der Waals surface area contributed by atoms with E-state index in [-0.39, 0.29) is 44.8 Å². The van der Waals surface area contributed by atoms with Crippen LogP contribution in [0.25, 0.3) is 0 Å². The molecular formula is C8H17N3O6S2. The predicted octanol–water partition coefficient (Wildman–Crippen LogP) is -2.00. The second kappa shape index (κ2) is 6.13. The Hall–Kier alpha value is -0.750. The minimum absolute atomic E-state index is 0.0109. The number of carboxylic acids is 1. The van der Waals surface area contributed by atoms with Crippen molar-refractivity contribution in [1.29, 1.82) is 0 Å². The number of hydrogen-bond donors (Lipinski definition) is 2. The van der Waals surface area contributed by atoms with E-state index < -0.39 is 26.2 Å². The van der Waals surface area contributed by atoms with Crippen LogP contribution in [-0.4, -0.2) is 68.5 Å². The number of nitrogens with zero attached hydrogens (tertiary/aromatic N) is 2. The third kappa shape index (κ3) is 5.03. The maximum absolute atomic E-state index is 11.9. The highest BCUT2D eigenvalue weighted by Crippen LogP contribution is 2.11. The summed E-state index contributed by atoms with van der Waals surface area (Å²) in [5, 5.41) is 13.4. The Morgan fingerprint density at radius 2 is 1.53 bits per heavy atom. The zero-order valence-electron chi connectivity index (χ0n) is 10.2. The fourth-order valence-electron chi connectivity index (χ4n) is 1.74. The molecule has 0 unspecified atom stereocenters. The highest BCUT2D eigenvalue weighted by atomic mass is 32.2. The standard InChI is InChI=1S/C8H17N3O6S2/c9-19(16,17)11-5-3-10(4-6-11)18(14,15)7-1-2-8(12)13/h1-7H2,(H,12,13)(H2,9,16,17). The first kappa shape index (κ1) is 16.3. The van der Waals surface area contributed by atoms with E-state index >= 15 is 0 Å². The summed E-state index contributed by atoms with van der Waals surface area (Å²) in [5.41, 5.74) is 0. The Kier molecular flexibility index (Phi) is 5.26. The van der Waals surface area contributed by atoms with Crippen molar-refractivity contribution in [3.63, 3.8) is 0 Å². The second-order valence-corrected chi connectivity index (χ2v) is 7.79. The minimum atomic E-state index is -3.79. The number of aliphatic carboxylic acids is 1.